The van der Waals surface area contributed by atoms with Gasteiger partial charge in [0.25, 0.3) is 5.56 Å². The normalized spacial score (nSPS) is 14.1. The molecule has 3 aromatic heterocycles. The van der Waals surface area contributed by atoms with E-state index in [0.29, 0.717) is 23.4 Å². The van der Waals surface area contributed by atoms with E-state index in [2.05, 4.69) is 4.98 Å². The third-order valence-electron chi connectivity index (χ3n) is 6.13. The average molecular weight is 502 g/mol. The molecule has 1 aromatic carbocycles. The van der Waals surface area contributed by atoms with Crippen LogP contribution in [0.4, 0.5) is 17.6 Å². The molecule has 1 aliphatic rings. The van der Waals surface area contributed by atoms with Gasteiger partial charge in [-0.05, 0) is 48.2 Å². The van der Waals surface area contributed by atoms with Gasteiger partial charge in [-0.25, -0.2) is 4.39 Å². The second-order valence-electron chi connectivity index (χ2n) is 8.35. The van der Waals surface area contributed by atoms with Crippen molar-refractivity contribution in [1.29, 1.82) is 0 Å². The standard InChI is InChI=1S/C25H19F4N3O2S/c26-20-4-3-16(11-19(20)25(27,28)29)18-14-35-23-17(15-5-7-30-8-6-15)12-32(24(34)22(18)23)13-21(33)31-9-1-2-10-31/h3-8,11-12,14H,1-2,9-10,13H2. The van der Waals surface area contributed by atoms with Crippen molar-refractivity contribution in [2.45, 2.75) is 25.6 Å². The first-order valence-electron chi connectivity index (χ1n) is 10.9. The zero-order valence-electron chi connectivity index (χ0n) is 18.3. The molecule has 1 fully saturated rings. The van der Waals surface area contributed by atoms with Gasteiger partial charge in [0.2, 0.25) is 5.91 Å². The molecule has 1 aliphatic heterocycles. The van der Waals surface area contributed by atoms with Crippen LogP contribution in [0.15, 0.2) is 59.1 Å². The molecule has 0 unspecified atom stereocenters. The maximum atomic E-state index is 13.9. The van der Waals surface area contributed by atoms with Crippen molar-refractivity contribution in [2.24, 2.45) is 0 Å². The van der Waals surface area contributed by atoms with Gasteiger partial charge in [0, 0.05) is 52.9 Å². The summed E-state index contributed by atoms with van der Waals surface area (Å²) in [5.41, 5.74) is -0.143. The molecule has 0 radical (unpaired) electrons. The molecule has 4 heterocycles. The maximum Gasteiger partial charge on any atom is 0.419 e. The quantitative estimate of drug-likeness (QED) is 0.344. The van der Waals surface area contributed by atoms with Crippen LogP contribution < -0.4 is 5.56 Å². The van der Waals surface area contributed by atoms with Crippen LogP contribution in [0.3, 0.4) is 0 Å². The van der Waals surface area contributed by atoms with Crippen molar-refractivity contribution in [3.05, 3.63) is 76.0 Å². The molecule has 10 heteroatoms. The Kier molecular flexibility index (Phi) is 5.92. The van der Waals surface area contributed by atoms with Gasteiger partial charge >= 0.3 is 6.18 Å². The molecule has 5 nitrogen and oxygen atoms in total. The fourth-order valence-corrected chi connectivity index (χ4v) is 5.48. The zero-order chi connectivity index (χ0) is 24.7. The fourth-order valence-electron chi connectivity index (χ4n) is 4.37. The number of thiophene rings is 1. The van der Waals surface area contributed by atoms with Gasteiger partial charge < -0.3 is 9.47 Å². The summed E-state index contributed by atoms with van der Waals surface area (Å²) in [5, 5.41) is 1.79. The van der Waals surface area contributed by atoms with Gasteiger partial charge in [-0.15, -0.1) is 11.3 Å². The lowest BCUT2D eigenvalue weighted by molar-refractivity contribution is -0.140. The van der Waals surface area contributed by atoms with Crippen LogP contribution in [0.1, 0.15) is 18.4 Å². The number of likely N-dealkylation sites (tertiary alicyclic amines) is 1. The number of amides is 1. The van der Waals surface area contributed by atoms with E-state index in [1.54, 1.807) is 41.0 Å². The van der Waals surface area contributed by atoms with Gasteiger partial charge in [-0.2, -0.15) is 13.2 Å². The highest BCUT2D eigenvalue weighted by Gasteiger charge is 2.34. The summed E-state index contributed by atoms with van der Waals surface area (Å²) < 4.78 is 55.8. The highest BCUT2D eigenvalue weighted by molar-refractivity contribution is 7.18. The lowest BCUT2D eigenvalue weighted by Crippen LogP contribution is -2.34. The summed E-state index contributed by atoms with van der Waals surface area (Å²) in [6.45, 7) is 1.08. The minimum absolute atomic E-state index is 0.0753. The smallest absolute Gasteiger partial charge is 0.341 e. The van der Waals surface area contributed by atoms with E-state index >= 15 is 0 Å². The number of rotatable bonds is 4. The van der Waals surface area contributed by atoms with Crippen molar-refractivity contribution in [2.75, 3.05) is 13.1 Å². The Morgan fingerprint density at radius 2 is 1.74 bits per heavy atom. The van der Waals surface area contributed by atoms with Crippen molar-refractivity contribution in [1.82, 2.24) is 14.5 Å². The fraction of sp³-hybridized carbons (Fsp3) is 0.240. The van der Waals surface area contributed by atoms with Gasteiger partial charge in [0.05, 0.1) is 10.9 Å². The molecule has 0 atom stereocenters. The Balaban J connectivity index is 1.71. The Bertz CT molecular complexity index is 1470. The zero-order valence-corrected chi connectivity index (χ0v) is 19.1. The van der Waals surface area contributed by atoms with E-state index in [0.717, 1.165) is 30.5 Å². The number of fused-ring (bicyclic) bond motifs is 1. The van der Waals surface area contributed by atoms with Crippen LogP contribution in [-0.2, 0) is 17.5 Å². The molecule has 0 bridgehead atoms. The molecule has 4 aromatic rings. The van der Waals surface area contributed by atoms with Crippen molar-refractivity contribution < 1.29 is 22.4 Å². The summed E-state index contributed by atoms with van der Waals surface area (Å²) in [4.78, 5) is 32.1. The molecular formula is C25H19F4N3O2S. The SMILES string of the molecule is O=C(Cn1cc(-c2ccncc2)c2scc(-c3ccc(F)c(C(F)(F)F)c3)c2c1=O)N1CCCC1. The highest BCUT2D eigenvalue weighted by atomic mass is 32.1. The Labute approximate surface area is 201 Å². The molecule has 180 valence electrons. The number of carbonyl (C=O) groups excluding carboxylic acids is 1. The third-order valence-corrected chi connectivity index (χ3v) is 7.15. The number of hydrogen-bond acceptors (Lipinski definition) is 4. The Morgan fingerprint density at radius 3 is 2.43 bits per heavy atom. The molecule has 1 amide bonds. The second-order valence-corrected chi connectivity index (χ2v) is 9.23. The van der Waals surface area contributed by atoms with E-state index in [4.69, 9.17) is 0 Å². The number of benzene rings is 1. The van der Waals surface area contributed by atoms with Crippen LogP contribution in [0.5, 0.6) is 0 Å². The number of carbonyl (C=O) groups is 1. The molecule has 35 heavy (non-hydrogen) atoms. The molecule has 0 N–H and O–H groups in total. The number of alkyl halides is 3. The number of pyridine rings is 2. The first kappa shape index (κ1) is 23.2. The number of hydrogen-bond donors (Lipinski definition) is 0. The largest absolute Gasteiger partial charge is 0.419 e. The minimum Gasteiger partial charge on any atom is -0.341 e. The van der Waals surface area contributed by atoms with Crippen LogP contribution in [0.2, 0.25) is 0 Å². The minimum atomic E-state index is -4.88. The van der Waals surface area contributed by atoms with Gasteiger partial charge in [0.15, 0.2) is 0 Å². The Morgan fingerprint density at radius 1 is 1.03 bits per heavy atom. The molecule has 0 aliphatic carbocycles. The number of aromatic nitrogens is 2. The summed E-state index contributed by atoms with van der Waals surface area (Å²) in [6, 6.07) is 6.21. The average Bonchev–Trinajstić information content (AvgIpc) is 3.52. The first-order chi connectivity index (χ1) is 16.7. The topological polar surface area (TPSA) is 55.2 Å². The van der Waals surface area contributed by atoms with Gasteiger partial charge in [0.1, 0.15) is 12.4 Å². The number of nitrogens with zero attached hydrogens (tertiary/aromatic N) is 3. The van der Waals surface area contributed by atoms with E-state index in [-0.39, 0.29) is 29.0 Å². The van der Waals surface area contributed by atoms with Crippen LogP contribution in [0.25, 0.3) is 32.3 Å². The molecule has 0 spiro atoms. The van der Waals surface area contributed by atoms with Crippen molar-refractivity contribution in [3.63, 3.8) is 0 Å². The highest BCUT2D eigenvalue weighted by Crippen LogP contribution is 2.40. The van der Waals surface area contributed by atoms with E-state index in [1.165, 1.54) is 22.0 Å². The summed E-state index contributed by atoms with van der Waals surface area (Å²) in [6.07, 6.45) is 1.73. The van der Waals surface area contributed by atoms with E-state index in [9.17, 15) is 27.2 Å². The lowest BCUT2D eigenvalue weighted by Gasteiger charge is -2.17. The first-order valence-corrected chi connectivity index (χ1v) is 11.8. The number of halogens is 4. The molecule has 0 saturated carbocycles. The van der Waals surface area contributed by atoms with Crippen LogP contribution >= 0.6 is 11.3 Å². The second kappa shape index (κ2) is 8.92. The van der Waals surface area contributed by atoms with E-state index < -0.39 is 23.1 Å². The Hall–Kier alpha value is -3.53. The predicted molar refractivity (Wildman–Crippen MR) is 126 cm³/mol. The lowest BCUT2D eigenvalue weighted by atomic mass is 10.00. The van der Waals surface area contributed by atoms with E-state index in [1.807, 2.05) is 0 Å². The maximum absolute atomic E-state index is 13.9. The molecule has 1 saturated heterocycles. The monoisotopic (exact) mass is 501 g/mol. The molecule has 5 rings (SSSR count). The predicted octanol–water partition coefficient (Wildman–Crippen LogP) is 5.57. The van der Waals surface area contributed by atoms with Crippen LogP contribution in [-0.4, -0.2) is 33.4 Å². The van der Waals surface area contributed by atoms with Crippen molar-refractivity contribution >= 4 is 27.3 Å². The summed E-state index contributed by atoms with van der Waals surface area (Å²) >= 11 is 1.21. The molecular weight excluding hydrogens is 482 g/mol. The van der Waals surface area contributed by atoms with Gasteiger partial charge in [-0.1, -0.05) is 6.07 Å². The summed E-state index contributed by atoms with van der Waals surface area (Å²) in [7, 11) is 0. The van der Waals surface area contributed by atoms with Gasteiger partial charge in [-0.3, -0.25) is 14.6 Å². The summed E-state index contributed by atoms with van der Waals surface area (Å²) in [5.74, 6) is -1.57. The third kappa shape index (κ3) is 4.34. The van der Waals surface area contributed by atoms with Crippen LogP contribution in [0, 0.1) is 5.82 Å². The van der Waals surface area contributed by atoms with Crippen molar-refractivity contribution in [3.8, 4) is 22.3 Å².